The number of phenols is 2. The van der Waals surface area contributed by atoms with Crippen molar-refractivity contribution in [2.24, 2.45) is 0 Å². The average Bonchev–Trinajstić information content (AvgIpc) is 2.51. The molecule has 5 heteroatoms. The monoisotopic (exact) mass is 321 g/mol. The van der Waals surface area contributed by atoms with E-state index >= 15 is 0 Å². The summed E-state index contributed by atoms with van der Waals surface area (Å²) in [7, 11) is 0. The largest absolute Gasteiger partial charge is 0.768 e. The van der Waals surface area contributed by atoms with Gasteiger partial charge in [0.1, 0.15) is 11.5 Å². The smallest absolute Gasteiger partial charge is 0.130 e. The average molecular weight is 321 g/mol. The Morgan fingerprint density at radius 2 is 1.73 bits per heavy atom. The molecule has 0 fully saturated rings. The molecule has 0 spiro atoms. The molecule has 120 valence electrons. The Hall–Kier alpha value is -1.85. The summed E-state index contributed by atoms with van der Waals surface area (Å²) in [6, 6.07) is 14.0. The van der Waals surface area contributed by atoms with Gasteiger partial charge in [-0.25, -0.2) is 0 Å². The summed E-state index contributed by atoms with van der Waals surface area (Å²) in [6.45, 7) is 2.24. The normalized spacial score (nSPS) is 11.4. The van der Waals surface area contributed by atoms with Crippen LogP contribution in [0.3, 0.4) is 0 Å². The maximum atomic E-state index is 10.3. The Balaban J connectivity index is 0.000000220. The van der Waals surface area contributed by atoms with Gasteiger partial charge in [-0.2, -0.15) is 0 Å². The van der Waals surface area contributed by atoms with Crippen LogP contribution in [-0.4, -0.2) is 19.0 Å². The van der Waals surface area contributed by atoms with Crippen molar-refractivity contribution in [3.05, 3.63) is 54.1 Å². The van der Waals surface area contributed by atoms with Crippen molar-refractivity contribution < 1.29 is 19.0 Å². The van der Waals surface area contributed by atoms with E-state index in [9.17, 15) is 8.76 Å². The van der Waals surface area contributed by atoms with Crippen LogP contribution in [0.1, 0.15) is 31.7 Å². The van der Waals surface area contributed by atoms with E-state index in [1.165, 1.54) is 37.3 Å². The number of unbranched alkanes of at least 4 members (excludes halogenated alkanes) is 2. The first-order valence-corrected chi connectivity index (χ1v) is 8.27. The van der Waals surface area contributed by atoms with Crippen LogP contribution < -0.4 is 0 Å². The van der Waals surface area contributed by atoms with Gasteiger partial charge >= 0.3 is 0 Å². The summed E-state index contributed by atoms with van der Waals surface area (Å²) < 4.78 is 20.6. The topological polar surface area (TPSA) is 80.6 Å². The summed E-state index contributed by atoms with van der Waals surface area (Å²) >= 11 is -2.51. The van der Waals surface area contributed by atoms with Crippen LogP contribution >= 0.6 is 0 Å². The Morgan fingerprint density at radius 1 is 1.05 bits per heavy atom. The van der Waals surface area contributed by atoms with Crippen LogP contribution in [0.5, 0.6) is 11.5 Å². The first-order valence-electron chi connectivity index (χ1n) is 7.19. The summed E-state index contributed by atoms with van der Waals surface area (Å²) in [5, 5.41) is 17.7. The van der Waals surface area contributed by atoms with Crippen LogP contribution in [0.4, 0.5) is 0 Å². The molecule has 0 aliphatic rings. The van der Waals surface area contributed by atoms with Crippen LogP contribution in [-0.2, 0) is 17.5 Å². The minimum absolute atomic E-state index is 0.193. The summed E-state index contributed by atoms with van der Waals surface area (Å²) in [5.41, 5.74) is 1.47. The van der Waals surface area contributed by atoms with Gasteiger partial charge in [0.25, 0.3) is 0 Å². The molecule has 0 amide bonds. The number of benzene rings is 2. The highest BCUT2D eigenvalue weighted by molar-refractivity contribution is 7.79. The third-order valence-corrected chi connectivity index (χ3v) is 3.72. The zero-order valence-electron chi connectivity index (χ0n) is 12.6. The third-order valence-electron chi connectivity index (χ3n) is 3.03. The molecule has 0 saturated carbocycles. The van der Waals surface area contributed by atoms with E-state index in [1.807, 2.05) is 0 Å². The lowest BCUT2D eigenvalue weighted by Gasteiger charge is -2.06. The molecule has 2 aromatic carbocycles. The minimum atomic E-state index is -2.51. The second-order valence-corrected chi connectivity index (χ2v) is 5.74. The fourth-order valence-electron chi connectivity index (χ4n) is 1.86. The molecule has 1 unspecified atom stereocenters. The van der Waals surface area contributed by atoms with Crippen molar-refractivity contribution >= 4 is 11.1 Å². The van der Waals surface area contributed by atoms with Crippen molar-refractivity contribution in [3.8, 4) is 11.5 Å². The molecule has 0 saturated heterocycles. The molecular weight excluding hydrogens is 300 g/mol. The highest BCUT2D eigenvalue weighted by atomic mass is 32.2. The highest BCUT2D eigenvalue weighted by Crippen LogP contribution is 2.23. The van der Waals surface area contributed by atoms with E-state index in [-0.39, 0.29) is 16.4 Å². The lowest BCUT2D eigenvalue weighted by Crippen LogP contribution is -1.88. The Kier molecular flexibility index (Phi) is 8.25. The van der Waals surface area contributed by atoms with E-state index in [4.69, 9.17) is 10.2 Å². The summed E-state index contributed by atoms with van der Waals surface area (Å²) in [5.74, 6) is -0.557. The molecule has 4 nitrogen and oxygen atoms in total. The minimum Gasteiger partial charge on any atom is -0.768 e. The van der Waals surface area contributed by atoms with Gasteiger partial charge < -0.3 is 14.8 Å². The van der Waals surface area contributed by atoms with Crippen LogP contribution in [0, 0.1) is 0 Å². The highest BCUT2D eigenvalue weighted by Gasteiger charge is 2.01. The van der Waals surface area contributed by atoms with Gasteiger partial charge in [-0.05, 0) is 47.7 Å². The van der Waals surface area contributed by atoms with Gasteiger partial charge in [0.15, 0.2) is 0 Å². The number of rotatable bonds is 5. The van der Waals surface area contributed by atoms with Crippen molar-refractivity contribution in [1.82, 2.24) is 0 Å². The fraction of sp³-hybridized carbons (Fsp3) is 0.294. The van der Waals surface area contributed by atoms with Crippen molar-refractivity contribution in [2.45, 2.75) is 37.5 Å². The lowest BCUT2D eigenvalue weighted by atomic mass is 10.1. The van der Waals surface area contributed by atoms with Crippen molar-refractivity contribution in [1.29, 1.82) is 0 Å². The van der Waals surface area contributed by atoms with Gasteiger partial charge in [-0.1, -0.05) is 50.1 Å². The quantitative estimate of drug-likeness (QED) is 0.499. The van der Waals surface area contributed by atoms with E-state index in [0.29, 0.717) is 0 Å². The molecule has 0 heterocycles. The fourth-order valence-corrected chi connectivity index (χ4v) is 2.32. The van der Waals surface area contributed by atoms with E-state index in [2.05, 4.69) is 37.3 Å². The molecule has 0 aliphatic heterocycles. The zero-order valence-corrected chi connectivity index (χ0v) is 13.4. The van der Waals surface area contributed by atoms with Gasteiger partial charge in [0, 0.05) is 0 Å². The number of aryl methyl sites for hydroxylation is 1. The maximum absolute atomic E-state index is 10.3. The summed E-state index contributed by atoms with van der Waals surface area (Å²) in [6.07, 6.45) is 5.25. The predicted octanol–water partition coefficient (Wildman–Crippen LogP) is 3.76. The molecule has 1 atom stereocenters. The van der Waals surface area contributed by atoms with Crippen molar-refractivity contribution in [3.63, 3.8) is 0 Å². The Morgan fingerprint density at radius 3 is 2.27 bits per heavy atom. The van der Waals surface area contributed by atoms with Gasteiger partial charge in [-0.3, -0.25) is 4.21 Å². The molecule has 0 bridgehead atoms. The number of phenolic OH excluding ortho intramolecular Hbond substituents is 2. The van der Waals surface area contributed by atoms with Gasteiger partial charge in [0.2, 0.25) is 0 Å². The number of aromatic hydroxyl groups is 2. The second-order valence-electron chi connectivity index (χ2n) is 4.83. The lowest BCUT2D eigenvalue weighted by molar-refractivity contribution is 0.442. The molecule has 2 aromatic rings. The van der Waals surface area contributed by atoms with Crippen LogP contribution in [0.2, 0.25) is 0 Å². The van der Waals surface area contributed by atoms with E-state index < -0.39 is 11.1 Å². The predicted molar refractivity (Wildman–Crippen MR) is 86.6 cm³/mol. The first kappa shape index (κ1) is 18.2. The number of hydrogen-bond acceptors (Lipinski definition) is 4. The van der Waals surface area contributed by atoms with Crippen molar-refractivity contribution in [2.75, 3.05) is 0 Å². The van der Waals surface area contributed by atoms with E-state index in [0.717, 1.165) is 12.1 Å². The second kappa shape index (κ2) is 9.97. The first-order chi connectivity index (χ1) is 10.5. The molecule has 0 aromatic heterocycles. The summed E-state index contributed by atoms with van der Waals surface area (Å²) in [4.78, 5) is -0.301. The van der Waals surface area contributed by atoms with Gasteiger partial charge in [0.05, 0.1) is 4.90 Å². The van der Waals surface area contributed by atoms with Crippen LogP contribution in [0.15, 0.2) is 53.4 Å². The third kappa shape index (κ3) is 6.74. The number of hydrogen-bond donors (Lipinski definition) is 2. The molecule has 2 rings (SSSR count). The SMILES string of the molecule is CCCCCc1ccccc1.O=S([O-])c1cc(O)ccc1O. The van der Waals surface area contributed by atoms with E-state index in [1.54, 1.807) is 0 Å². The molecule has 22 heavy (non-hydrogen) atoms. The molecule has 2 N–H and O–H groups in total. The Bertz CT molecular complexity index is 584. The molecule has 0 radical (unpaired) electrons. The molecular formula is C17H21O4S-. The zero-order chi connectivity index (χ0) is 16.4. The standard InChI is InChI=1S/C11H16.C6H6O4S/c1-2-3-5-8-11-9-6-4-7-10-11;7-4-1-2-5(8)6(3-4)11(9)10/h4,6-7,9-10H,2-3,5,8H2,1H3;1-3,7-8H,(H,9,10)/p-1. The molecule has 0 aliphatic carbocycles. The maximum Gasteiger partial charge on any atom is 0.130 e. The Labute approximate surface area is 133 Å². The van der Waals surface area contributed by atoms with Crippen LogP contribution in [0.25, 0.3) is 0 Å². The van der Waals surface area contributed by atoms with Gasteiger partial charge in [-0.15, -0.1) is 0 Å².